The number of nitrogens with zero attached hydrogens (tertiary/aromatic N) is 1. The zero-order valence-corrected chi connectivity index (χ0v) is 15.6. The number of aliphatic imine (C=N–C) groups is 1. The van der Waals surface area contributed by atoms with Crippen molar-refractivity contribution in [3.8, 4) is 11.5 Å². The maximum absolute atomic E-state index is 5.83. The van der Waals surface area contributed by atoms with E-state index in [0.717, 1.165) is 17.2 Å². The first-order valence-electron chi connectivity index (χ1n) is 7.08. The maximum Gasteiger partial charge on any atom is 0.193 e. The third-order valence-electron chi connectivity index (χ3n) is 3.01. The molecule has 3 N–H and O–H groups in total. The van der Waals surface area contributed by atoms with E-state index in [4.69, 9.17) is 15.2 Å². The number of nitrogens with two attached hydrogens (primary N) is 1. The van der Waals surface area contributed by atoms with Gasteiger partial charge < -0.3 is 20.5 Å². The third kappa shape index (κ3) is 6.77. The summed E-state index contributed by atoms with van der Waals surface area (Å²) >= 11 is 0. The van der Waals surface area contributed by atoms with Gasteiger partial charge in [-0.2, -0.15) is 0 Å². The van der Waals surface area contributed by atoms with Crippen molar-refractivity contribution in [2.45, 2.75) is 6.92 Å². The second-order valence-corrected chi connectivity index (χ2v) is 4.79. The van der Waals surface area contributed by atoms with Crippen LogP contribution in [0.25, 0.3) is 0 Å². The van der Waals surface area contributed by atoms with Crippen molar-refractivity contribution < 1.29 is 9.47 Å². The zero-order valence-electron chi connectivity index (χ0n) is 13.3. The molecule has 0 bridgehead atoms. The summed E-state index contributed by atoms with van der Waals surface area (Å²) in [6.07, 6.45) is 0. The Bertz CT molecular complexity index is 630. The number of benzene rings is 2. The molecule has 0 fully saturated rings. The Morgan fingerprint density at radius 2 is 1.83 bits per heavy atom. The van der Waals surface area contributed by atoms with Gasteiger partial charge in [0.15, 0.2) is 5.96 Å². The average Bonchev–Trinajstić information content (AvgIpc) is 2.54. The van der Waals surface area contributed by atoms with Gasteiger partial charge in [0.25, 0.3) is 0 Å². The Balaban J connectivity index is 0.00000264. The molecular formula is C17H22IN3O2. The first-order chi connectivity index (χ1) is 10.7. The molecule has 0 amide bonds. The number of guanidine groups is 1. The summed E-state index contributed by atoms with van der Waals surface area (Å²) in [4.78, 5) is 4.23. The fourth-order valence-electron chi connectivity index (χ4n) is 1.84. The number of ether oxygens (including phenoxy) is 2. The molecular weight excluding hydrogens is 405 g/mol. The Morgan fingerprint density at radius 1 is 1.13 bits per heavy atom. The van der Waals surface area contributed by atoms with Gasteiger partial charge in [-0.15, -0.1) is 24.0 Å². The van der Waals surface area contributed by atoms with Crippen LogP contribution in [0.4, 0.5) is 5.69 Å². The minimum absolute atomic E-state index is 0. The first-order valence-corrected chi connectivity index (χ1v) is 7.08. The van der Waals surface area contributed by atoms with Crippen molar-refractivity contribution in [1.82, 2.24) is 0 Å². The lowest BCUT2D eigenvalue weighted by Crippen LogP contribution is -2.23. The molecule has 0 aliphatic rings. The summed E-state index contributed by atoms with van der Waals surface area (Å²) in [5, 5.41) is 3.04. The van der Waals surface area contributed by atoms with Crippen molar-refractivity contribution in [1.29, 1.82) is 0 Å². The summed E-state index contributed by atoms with van der Waals surface area (Å²) in [7, 11) is 1.63. The Hall–Kier alpha value is -1.96. The van der Waals surface area contributed by atoms with E-state index < -0.39 is 0 Å². The standard InChI is InChI=1S/C17H21N3O2.HI/c1-13-6-8-14(9-7-13)20-17(18)19-10-11-22-16-5-3-4-15(12-16)21-2;/h3-9,12H,10-11H2,1-2H3,(H3,18,19,20);1H. The maximum atomic E-state index is 5.83. The molecule has 2 rings (SSSR count). The normalized spacial score (nSPS) is 10.6. The molecule has 0 saturated heterocycles. The number of anilines is 1. The molecule has 0 spiro atoms. The highest BCUT2D eigenvalue weighted by Crippen LogP contribution is 2.18. The molecule has 0 radical (unpaired) electrons. The number of halogens is 1. The summed E-state index contributed by atoms with van der Waals surface area (Å²) in [6.45, 7) is 2.96. The predicted octanol–water partition coefficient (Wildman–Crippen LogP) is 3.43. The largest absolute Gasteiger partial charge is 0.497 e. The average molecular weight is 427 g/mol. The van der Waals surface area contributed by atoms with Crippen LogP contribution in [-0.2, 0) is 0 Å². The monoisotopic (exact) mass is 427 g/mol. The van der Waals surface area contributed by atoms with E-state index in [-0.39, 0.29) is 24.0 Å². The number of hydrogen-bond donors (Lipinski definition) is 2. The van der Waals surface area contributed by atoms with Crippen molar-refractivity contribution in [2.75, 3.05) is 25.6 Å². The highest BCUT2D eigenvalue weighted by molar-refractivity contribution is 14.0. The molecule has 2 aromatic carbocycles. The molecule has 124 valence electrons. The van der Waals surface area contributed by atoms with E-state index in [2.05, 4.69) is 10.3 Å². The van der Waals surface area contributed by atoms with E-state index >= 15 is 0 Å². The van der Waals surface area contributed by atoms with E-state index in [0.29, 0.717) is 19.1 Å². The van der Waals surface area contributed by atoms with Crippen molar-refractivity contribution >= 4 is 35.6 Å². The second kappa shape index (κ2) is 9.94. The Kier molecular flexibility index (Phi) is 8.25. The van der Waals surface area contributed by atoms with Crippen LogP contribution in [0.15, 0.2) is 53.5 Å². The van der Waals surface area contributed by atoms with Crippen LogP contribution in [0, 0.1) is 6.92 Å². The number of hydrogen-bond acceptors (Lipinski definition) is 3. The zero-order chi connectivity index (χ0) is 15.8. The van der Waals surface area contributed by atoms with Gasteiger partial charge in [0.2, 0.25) is 0 Å². The molecule has 0 atom stereocenters. The van der Waals surface area contributed by atoms with Gasteiger partial charge in [-0.25, -0.2) is 4.99 Å². The molecule has 0 aliphatic carbocycles. The van der Waals surface area contributed by atoms with Crippen LogP contribution in [0.3, 0.4) is 0 Å². The van der Waals surface area contributed by atoms with Crippen LogP contribution in [0.1, 0.15) is 5.56 Å². The van der Waals surface area contributed by atoms with Crippen LogP contribution in [0.5, 0.6) is 11.5 Å². The molecule has 0 heterocycles. The summed E-state index contributed by atoms with van der Waals surface area (Å²) in [6, 6.07) is 15.4. The van der Waals surface area contributed by atoms with Crippen LogP contribution in [-0.4, -0.2) is 26.2 Å². The van der Waals surface area contributed by atoms with E-state index in [9.17, 15) is 0 Å². The van der Waals surface area contributed by atoms with E-state index in [1.165, 1.54) is 5.56 Å². The lowest BCUT2D eigenvalue weighted by atomic mass is 10.2. The Labute approximate surface area is 153 Å². The van der Waals surface area contributed by atoms with Crippen molar-refractivity contribution in [3.63, 3.8) is 0 Å². The minimum atomic E-state index is 0. The van der Waals surface area contributed by atoms with Crippen LogP contribution in [0.2, 0.25) is 0 Å². The van der Waals surface area contributed by atoms with Gasteiger partial charge >= 0.3 is 0 Å². The van der Waals surface area contributed by atoms with Gasteiger partial charge in [-0.1, -0.05) is 23.8 Å². The second-order valence-electron chi connectivity index (χ2n) is 4.79. The molecule has 0 aliphatic heterocycles. The van der Waals surface area contributed by atoms with Gasteiger partial charge in [0.1, 0.15) is 18.1 Å². The van der Waals surface area contributed by atoms with Crippen LogP contribution < -0.4 is 20.5 Å². The first kappa shape index (κ1) is 19.1. The number of aryl methyl sites for hydroxylation is 1. The molecule has 6 heteroatoms. The van der Waals surface area contributed by atoms with Gasteiger partial charge in [0, 0.05) is 11.8 Å². The summed E-state index contributed by atoms with van der Waals surface area (Å²) < 4.78 is 10.7. The van der Waals surface area contributed by atoms with Crippen LogP contribution >= 0.6 is 24.0 Å². The number of methoxy groups -OCH3 is 1. The lowest BCUT2D eigenvalue weighted by Gasteiger charge is -2.08. The SMILES string of the molecule is COc1cccc(OCCN=C(N)Nc2ccc(C)cc2)c1.I. The Morgan fingerprint density at radius 3 is 2.52 bits per heavy atom. The molecule has 5 nitrogen and oxygen atoms in total. The molecule has 0 aromatic heterocycles. The fourth-order valence-corrected chi connectivity index (χ4v) is 1.84. The quantitative estimate of drug-likeness (QED) is 0.321. The smallest absolute Gasteiger partial charge is 0.193 e. The van der Waals surface area contributed by atoms with Gasteiger partial charge in [-0.3, -0.25) is 0 Å². The minimum Gasteiger partial charge on any atom is -0.497 e. The number of nitrogens with one attached hydrogen (secondary N) is 1. The summed E-state index contributed by atoms with van der Waals surface area (Å²) in [5.74, 6) is 1.89. The molecule has 23 heavy (non-hydrogen) atoms. The number of rotatable bonds is 6. The van der Waals surface area contributed by atoms with Gasteiger partial charge in [0.05, 0.1) is 13.7 Å². The highest BCUT2D eigenvalue weighted by atomic mass is 127. The molecule has 0 saturated carbocycles. The topological polar surface area (TPSA) is 68.9 Å². The van der Waals surface area contributed by atoms with Crippen molar-refractivity contribution in [3.05, 3.63) is 54.1 Å². The molecule has 2 aromatic rings. The lowest BCUT2D eigenvalue weighted by molar-refractivity contribution is 0.325. The fraction of sp³-hybridized carbons (Fsp3) is 0.235. The highest BCUT2D eigenvalue weighted by Gasteiger charge is 1.97. The third-order valence-corrected chi connectivity index (χ3v) is 3.01. The summed E-state index contributed by atoms with van der Waals surface area (Å²) in [5.41, 5.74) is 7.95. The van der Waals surface area contributed by atoms with Crippen molar-refractivity contribution in [2.24, 2.45) is 10.7 Å². The van der Waals surface area contributed by atoms with E-state index in [1.807, 2.05) is 55.5 Å². The predicted molar refractivity (Wildman–Crippen MR) is 105 cm³/mol. The van der Waals surface area contributed by atoms with E-state index in [1.54, 1.807) is 7.11 Å². The van der Waals surface area contributed by atoms with Gasteiger partial charge in [-0.05, 0) is 31.2 Å². The molecule has 0 unspecified atom stereocenters.